The van der Waals surface area contributed by atoms with Crippen LogP contribution in [0.2, 0.25) is 5.02 Å². The molecule has 1 unspecified atom stereocenters. The van der Waals surface area contributed by atoms with Gasteiger partial charge in [0.05, 0.1) is 5.69 Å². The number of halogens is 1. The Bertz CT molecular complexity index is 694. The van der Waals surface area contributed by atoms with E-state index in [9.17, 15) is 4.55 Å². The minimum atomic E-state index is -1.19. The minimum Gasteiger partial charge on any atom is -0.598 e. The molecule has 2 atom stereocenters. The summed E-state index contributed by atoms with van der Waals surface area (Å²) in [5.74, 6) is 0.686. The van der Waals surface area contributed by atoms with Gasteiger partial charge in [0.2, 0.25) is 0 Å². The topological polar surface area (TPSA) is 61.1 Å². The van der Waals surface area contributed by atoms with Gasteiger partial charge in [0.25, 0.3) is 0 Å². The number of rotatable bonds is 4. The van der Waals surface area contributed by atoms with Gasteiger partial charge < -0.3 is 9.08 Å². The second-order valence-corrected chi connectivity index (χ2v) is 9.12. The monoisotopic (exact) mass is 354 g/mol. The Morgan fingerprint density at radius 2 is 1.96 bits per heavy atom. The molecule has 1 N–H and O–H groups in total. The molecule has 6 heteroatoms. The first-order valence-corrected chi connectivity index (χ1v) is 9.04. The molecule has 0 saturated carbocycles. The fraction of sp³-hybridized carbons (Fsp3) is 0.471. The van der Waals surface area contributed by atoms with Gasteiger partial charge in [0.1, 0.15) is 10.8 Å². The number of aromatic nitrogens is 1. The number of nitrogens with zero attached hydrogens (tertiary/aromatic N) is 1. The van der Waals surface area contributed by atoms with E-state index in [4.69, 9.17) is 16.1 Å². The van der Waals surface area contributed by atoms with Crippen molar-refractivity contribution >= 4 is 23.0 Å². The highest BCUT2D eigenvalue weighted by molar-refractivity contribution is 7.90. The maximum atomic E-state index is 12.3. The molecule has 4 nitrogen and oxygen atoms in total. The predicted octanol–water partition coefficient (Wildman–Crippen LogP) is 4.72. The van der Waals surface area contributed by atoms with E-state index in [1.54, 1.807) is 0 Å². The Hall–Kier alpha value is -1.01. The van der Waals surface area contributed by atoms with E-state index in [1.807, 2.05) is 59.7 Å². The third-order valence-electron chi connectivity index (χ3n) is 3.58. The van der Waals surface area contributed by atoms with E-state index in [2.05, 4.69) is 9.88 Å². The highest BCUT2D eigenvalue weighted by Gasteiger charge is 2.31. The first-order chi connectivity index (χ1) is 10.6. The van der Waals surface area contributed by atoms with Crippen LogP contribution < -0.4 is 4.72 Å². The highest BCUT2D eigenvalue weighted by atomic mass is 35.5. The second-order valence-electron chi connectivity index (χ2n) is 6.69. The van der Waals surface area contributed by atoms with Crippen LogP contribution in [0.25, 0.3) is 11.1 Å². The minimum absolute atomic E-state index is 0.221. The molecule has 23 heavy (non-hydrogen) atoms. The predicted molar refractivity (Wildman–Crippen MR) is 95.9 cm³/mol. The maximum Gasteiger partial charge on any atom is 0.165 e. The van der Waals surface area contributed by atoms with E-state index in [0.29, 0.717) is 10.8 Å². The fourth-order valence-electron chi connectivity index (χ4n) is 2.31. The van der Waals surface area contributed by atoms with Gasteiger partial charge in [-0.1, -0.05) is 22.8 Å². The summed E-state index contributed by atoms with van der Waals surface area (Å²) in [6.07, 6.45) is 0. The third kappa shape index (κ3) is 4.10. The zero-order valence-corrected chi connectivity index (χ0v) is 15.9. The Labute approximate surface area is 145 Å². The van der Waals surface area contributed by atoms with Crippen LogP contribution in [-0.4, -0.2) is 14.5 Å². The second kappa shape index (κ2) is 6.85. The van der Waals surface area contributed by atoms with Crippen molar-refractivity contribution in [3.05, 3.63) is 40.2 Å². The summed E-state index contributed by atoms with van der Waals surface area (Å²) in [6.45, 7) is 11.6. The van der Waals surface area contributed by atoms with E-state index in [1.165, 1.54) is 0 Å². The lowest BCUT2D eigenvalue weighted by molar-refractivity contribution is 0.356. The van der Waals surface area contributed by atoms with Crippen molar-refractivity contribution in [3.63, 3.8) is 0 Å². The molecule has 2 rings (SSSR count). The molecule has 0 aliphatic rings. The van der Waals surface area contributed by atoms with E-state index < -0.39 is 11.4 Å². The zero-order valence-electron chi connectivity index (χ0n) is 14.4. The van der Waals surface area contributed by atoms with Crippen LogP contribution in [0.4, 0.5) is 0 Å². The van der Waals surface area contributed by atoms with Crippen molar-refractivity contribution in [2.24, 2.45) is 0 Å². The normalized spacial score (nSPS) is 14.8. The maximum absolute atomic E-state index is 12.3. The molecule has 126 valence electrons. The van der Waals surface area contributed by atoms with Crippen LogP contribution in [0.5, 0.6) is 0 Å². The number of benzene rings is 1. The Morgan fingerprint density at radius 1 is 1.30 bits per heavy atom. The fourth-order valence-corrected chi connectivity index (χ4v) is 3.32. The lowest BCUT2D eigenvalue weighted by Crippen LogP contribution is -2.40. The van der Waals surface area contributed by atoms with Crippen LogP contribution in [0, 0.1) is 13.8 Å². The average molecular weight is 355 g/mol. The molecular formula is C17H23ClN2O2S. The number of hydrogen-bond donors (Lipinski definition) is 1. The van der Waals surface area contributed by atoms with E-state index in [-0.39, 0.29) is 10.8 Å². The lowest BCUT2D eigenvalue weighted by Gasteiger charge is -2.26. The lowest BCUT2D eigenvalue weighted by atomic mass is 9.97. The average Bonchev–Trinajstić information content (AvgIpc) is 2.79. The quantitative estimate of drug-likeness (QED) is 0.806. The van der Waals surface area contributed by atoms with E-state index in [0.717, 1.165) is 22.4 Å². The van der Waals surface area contributed by atoms with Gasteiger partial charge >= 0.3 is 0 Å². The zero-order chi connectivity index (χ0) is 17.4. The van der Waals surface area contributed by atoms with Gasteiger partial charge in [-0.05, 0) is 64.8 Å². The summed E-state index contributed by atoms with van der Waals surface area (Å²) in [7, 11) is 0. The van der Waals surface area contributed by atoms with Gasteiger partial charge in [0.15, 0.2) is 5.76 Å². The number of nitrogens with one attached hydrogen (secondary N) is 1. The standard InChI is InChI=1S/C17H23ClN2O2S/c1-10-9-13(18)7-8-14(10)15-11(2)19-22-16(15)12(3)20-23(21)17(4,5)6/h7-9,12,20H,1-6H3/t12-,23?/m0/s1. The molecule has 0 radical (unpaired) electrons. The van der Waals surface area contributed by atoms with Gasteiger partial charge in [-0.3, -0.25) is 0 Å². The van der Waals surface area contributed by atoms with Gasteiger partial charge in [-0.25, -0.2) is 0 Å². The van der Waals surface area contributed by atoms with Gasteiger partial charge in [0, 0.05) is 21.9 Å². The molecule has 1 aromatic heterocycles. The van der Waals surface area contributed by atoms with Crippen LogP contribution >= 0.6 is 11.6 Å². The summed E-state index contributed by atoms with van der Waals surface area (Å²) in [6, 6.07) is 5.51. The van der Waals surface area contributed by atoms with Crippen molar-refractivity contribution in [1.29, 1.82) is 0 Å². The van der Waals surface area contributed by atoms with Gasteiger partial charge in [-0.2, -0.15) is 0 Å². The third-order valence-corrected chi connectivity index (χ3v) is 5.50. The summed E-state index contributed by atoms with van der Waals surface area (Å²) >= 11 is 4.86. The molecule has 2 aromatic rings. The summed E-state index contributed by atoms with van der Waals surface area (Å²) < 4.78 is 20.6. The number of hydrogen-bond acceptors (Lipinski definition) is 4. The van der Waals surface area contributed by atoms with Crippen molar-refractivity contribution in [2.45, 2.75) is 52.3 Å². The van der Waals surface area contributed by atoms with Crippen molar-refractivity contribution in [3.8, 4) is 11.1 Å². The SMILES string of the molecule is Cc1cc(Cl)ccc1-c1c(C)noc1[C@H](C)N[S+]([O-])C(C)(C)C. The van der Waals surface area contributed by atoms with Crippen molar-refractivity contribution in [1.82, 2.24) is 9.88 Å². The molecule has 0 saturated heterocycles. The van der Waals surface area contributed by atoms with Crippen LogP contribution in [0.15, 0.2) is 22.7 Å². The van der Waals surface area contributed by atoms with Crippen LogP contribution in [-0.2, 0) is 11.4 Å². The largest absolute Gasteiger partial charge is 0.598 e. The van der Waals surface area contributed by atoms with Crippen molar-refractivity contribution < 1.29 is 9.08 Å². The summed E-state index contributed by atoms with van der Waals surface area (Å²) in [4.78, 5) is 0. The smallest absolute Gasteiger partial charge is 0.165 e. The Kier molecular flexibility index (Phi) is 5.46. The Morgan fingerprint density at radius 3 is 2.52 bits per heavy atom. The first-order valence-electron chi connectivity index (χ1n) is 7.52. The molecule has 1 aromatic carbocycles. The summed E-state index contributed by atoms with van der Waals surface area (Å²) in [5.41, 5.74) is 3.82. The molecule has 0 aliphatic carbocycles. The Balaban J connectivity index is 2.39. The van der Waals surface area contributed by atoms with Crippen LogP contribution in [0.3, 0.4) is 0 Å². The molecule has 0 fully saturated rings. The highest BCUT2D eigenvalue weighted by Crippen LogP contribution is 2.35. The number of aryl methyl sites for hydroxylation is 2. The molecule has 0 amide bonds. The molecule has 0 spiro atoms. The molecule has 0 aliphatic heterocycles. The molecular weight excluding hydrogens is 332 g/mol. The van der Waals surface area contributed by atoms with Gasteiger partial charge in [-0.15, -0.1) is 4.72 Å². The first kappa shape index (κ1) is 18.3. The summed E-state index contributed by atoms with van der Waals surface area (Å²) in [5, 5.41) is 4.80. The van der Waals surface area contributed by atoms with Crippen molar-refractivity contribution in [2.75, 3.05) is 0 Å². The molecule has 1 heterocycles. The van der Waals surface area contributed by atoms with E-state index >= 15 is 0 Å². The molecule has 0 bridgehead atoms. The van der Waals surface area contributed by atoms with Crippen LogP contribution in [0.1, 0.15) is 50.8 Å².